The van der Waals surface area contributed by atoms with Crippen molar-refractivity contribution < 1.29 is 9.59 Å². The van der Waals surface area contributed by atoms with Crippen molar-refractivity contribution >= 4 is 17.5 Å². The fourth-order valence-corrected chi connectivity index (χ4v) is 2.15. The Balaban J connectivity index is 1.75. The summed E-state index contributed by atoms with van der Waals surface area (Å²) in [7, 11) is 0. The fourth-order valence-electron chi connectivity index (χ4n) is 2.15. The molecule has 2 N–H and O–H groups in total. The Morgan fingerprint density at radius 2 is 1.59 bits per heavy atom. The largest absolute Gasteiger partial charge is 0.355 e. The summed E-state index contributed by atoms with van der Waals surface area (Å²) in [4.78, 5) is 22.8. The van der Waals surface area contributed by atoms with Crippen molar-refractivity contribution in [3.63, 3.8) is 0 Å². The third kappa shape index (κ3) is 5.40. The topological polar surface area (TPSA) is 58.2 Å². The molecule has 0 saturated heterocycles. The van der Waals surface area contributed by atoms with Crippen LogP contribution in [-0.2, 0) is 22.4 Å². The molecule has 0 unspecified atom stereocenters. The van der Waals surface area contributed by atoms with Crippen LogP contribution in [0, 0.1) is 0 Å². The number of hydrogen-bond acceptors (Lipinski definition) is 2. The molecule has 0 aromatic heterocycles. The van der Waals surface area contributed by atoms with Crippen molar-refractivity contribution in [2.45, 2.75) is 19.8 Å². The molecule has 2 aromatic rings. The lowest BCUT2D eigenvalue weighted by molar-refractivity contribution is -0.120. The van der Waals surface area contributed by atoms with Crippen molar-refractivity contribution in [3.8, 4) is 0 Å². The Hall–Kier alpha value is -2.62. The van der Waals surface area contributed by atoms with Crippen molar-refractivity contribution in [1.82, 2.24) is 5.32 Å². The van der Waals surface area contributed by atoms with Gasteiger partial charge in [0.2, 0.25) is 11.8 Å². The van der Waals surface area contributed by atoms with Crippen molar-refractivity contribution in [2.24, 2.45) is 0 Å². The number of nitrogens with one attached hydrogen (secondary N) is 2. The van der Waals surface area contributed by atoms with E-state index in [1.165, 1.54) is 12.5 Å². The first-order valence-electron chi connectivity index (χ1n) is 7.30. The lowest BCUT2D eigenvalue weighted by atomic mass is 10.1. The van der Waals surface area contributed by atoms with Crippen molar-refractivity contribution in [1.29, 1.82) is 0 Å². The van der Waals surface area contributed by atoms with Crippen molar-refractivity contribution in [3.05, 3.63) is 65.7 Å². The molecule has 2 aromatic carbocycles. The molecular weight excluding hydrogens is 276 g/mol. The molecule has 0 radical (unpaired) electrons. The third-order valence-corrected chi connectivity index (χ3v) is 3.22. The predicted molar refractivity (Wildman–Crippen MR) is 87.6 cm³/mol. The molecule has 2 amide bonds. The van der Waals surface area contributed by atoms with Crippen LogP contribution in [0.1, 0.15) is 18.1 Å². The monoisotopic (exact) mass is 296 g/mol. The molecule has 0 aliphatic rings. The van der Waals surface area contributed by atoms with E-state index >= 15 is 0 Å². The van der Waals surface area contributed by atoms with Crippen LogP contribution >= 0.6 is 0 Å². The summed E-state index contributed by atoms with van der Waals surface area (Å²) < 4.78 is 0. The van der Waals surface area contributed by atoms with E-state index in [0.29, 0.717) is 13.0 Å². The number of carbonyl (C=O) groups excluding carboxylic acids is 2. The lowest BCUT2D eigenvalue weighted by Gasteiger charge is -2.07. The highest BCUT2D eigenvalue weighted by molar-refractivity contribution is 5.88. The Labute approximate surface area is 130 Å². The zero-order chi connectivity index (χ0) is 15.8. The third-order valence-electron chi connectivity index (χ3n) is 3.22. The highest BCUT2D eigenvalue weighted by Crippen LogP contribution is 2.10. The molecule has 0 aliphatic heterocycles. The number of anilines is 1. The Kier molecular flexibility index (Phi) is 5.72. The molecule has 0 aliphatic carbocycles. The average Bonchev–Trinajstić information content (AvgIpc) is 2.50. The summed E-state index contributed by atoms with van der Waals surface area (Å²) >= 11 is 0. The second-order valence-electron chi connectivity index (χ2n) is 5.14. The first kappa shape index (κ1) is 15.8. The molecule has 0 atom stereocenters. The standard InChI is InChI=1S/C18H20N2O2/c1-14(21)20-17-9-7-16(8-10-17)13-18(22)19-12-11-15-5-3-2-4-6-15/h2-10H,11-13H2,1H3,(H,19,22)(H,20,21). The quantitative estimate of drug-likeness (QED) is 0.860. The van der Waals surface area contributed by atoms with E-state index in [-0.39, 0.29) is 11.8 Å². The predicted octanol–water partition coefficient (Wildman–Crippen LogP) is 2.55. The van der Waals surface area contributed by atoms with Gasteiger partial charge < -0.3 is 10.6 Å². The smallest absolute Gasteiger partial charge is 0.224 e. The van der Waals surface area contributed by atoms with Gasteiger partial charge in [0.1, 0.15) is 0 Å². The van der Waals surface area contributed by atoms with Gasteiger partial charge in [-0.15, -0.1) is 0 Å². The molecule has 114 valence electrons. The SMILES string of the molecule is CC(=O)Nc1ccc(CC(=O)NCCc2ccccc2)cc1. The number of benzene rings is 2. The summed E-state index contributed by atoms with van der Waals surface area (Å²) in [5, 5.41) is 5.62. The maximum atomic E-state index is 11.9. The molecule has 4 nitrogen and oxygen atoms in total. The van der Waals surface area contributed by atoms with E-state index in [0.717, 1.165) is 17.7 Å². The Morgan fingerprint density at radius 3 is 2.23 bits per heavy atom. The number of hydrogen-bond donors (Lipinski definition) is 2. The van der Waals surface area contributed by atoms with Gasteiger partial charge in [-0.1, -0.05) is 42.5 Å². The van der Waals surface area contributed by atoms with Gasteiger partial charge in [-0.25, -0.2) is 0 Å². The van der Waals surface area contributed by atoms with E-state index in [1.54, 1.807) is 12.1 Å². The van der Waals surface area contributed by atoms with Gasteiger partial charge in [0.25, 0.3) is 0 Å². The summed E-state index contributed by atoms with van der Waals surface area (Å²) in [5.74, 6) is -0.102. The molecule has 0 fully saturated rings. The van der Waals surface area contributed by atoms with Gasteiger partial charge in [0.05, 0.1) is 6.42 Å². The van der Waals surface area contributed by atoms with Crippen LogP contribution in [-0.4, -0.2) is 18.4 Å². The van der Waals surface area contributed by atoms with Crippen LogP contribution < -0.4 is 10.6 Å². The molecule has 0 spiro atoms. The summed E-state index contributed by atoms with van der Waals surface area (Å²) in [6.07, 6.45) is 1.17. The Bertz CT molecular complexity index is 621. The fraction of sp³-hybridized carbons (Fsp3) is 0.222. The van der Waals surface area contributed by atoms with Crippen LogP contribution in [0.2, 0.25) is 0 Å². The maximum Gasteiger partial charge on any atom is 0.224 e. The summed E-state index contributed by atoms with van der Waals surface area (Å²) in [5.41, 5.74) is 2.87. The number of carbonyl (C=O) groups is 2. The normalized spacial score (nSPS) is 10.0. The van der Waals surface area contributed by atoms with Gasteiger partial charge in [0.15, 0.2) is 0 Å². The minimum Gasteiger partial charge on any atom is -0.355 e. The zero-order valence-corrected chi connectivity index (χ0v) is 12.6. The van der Waals surface area contributed by atoms with Gasteiger partial charge in [-0.05, 0) is 29.7 Å². The second kappa shape index (κ2) is 7.98. The van der Waals surface area contributed by atoms with Gasteiger partial charge >= 0.3 is 0 Å². The van der Waals surface area contributed by atoms with Crippen LogP contribution in [0.25, 0.3) is 0 Å². The maximum absolute atomic E-state index is 11.9. The molecule has 22 heavy (non-hydrogen) atoms. The van der Waals surface area contributed by atoms with E-state index < -0.39 is 0 Å². The van der Waals surface area contributed by atoms with E-state index in [4.69, 9.17) is 0 Å². The lowest BCUT2D eigenvalue weighted by Crippen LogP contribution is -2.27. The minimum atomic E-state index is -0.105. The van der Waals surface area contributed by atoms with E-state index in [9.17, 15) is 9.59 Å². The second-order valence-corrected chi connectivity index (χ2v) is 5.14. The highest BCUT2D eigenvalue weighted by atomic mass is 16.2. The van der Waals surface area contributed by atoms with Gasteiger partial charge in [0, 0.05) is 19.2 Å². The summed E-state index contributed by atoms with van der Waals surface area (Å²) in [6, 6.07) is 17.4. The average molecular weight is 296 g/mol. The molecule has 2 rings (SSSR count). The first-order valence-corrected chi connectivity index (χ1v) is 7.30. The van der Waals surface area contributed by atoms with Gasteiger partial charge in [-0.3, -0.25) is 9.59 Å². The summed E-state index contributed by atoms with van der Waals surface area (Å²) in [6.45, 7) is 2.10. The molecule has 0 bridgehead atoms. The highest BCUT2D eigenvalue weighted by Gasteiger charge is 2.03. The van der Waals surface area contributed by atoms with Crippen LogP contribution in [0.4, 0.5) is 5.69 Å². The molecule has 4 heteroatoms. The Morgan fingerprint density at radius 1 is 0.909 bits per heavy atom. The number of rotatable bonds is 6. The van der Waals surface area contributed by atoms with Gasteiger partial charge in [-0.2, -0.15) is 0 Å². The van der Waals surface area contributed by atoms with Crippen LogP contribution in [0.3, 0.4) is 0 Å². The number of amides is 2. The van der Waals surface area contributed by atoms with E-state index in [1.807, 2.05) is 42.5 Å². The van der Waals surface area contributed by atoms with Crippen LogP contribution in [0.5, 0.6) is 0 Å². The molecule has 0 heterocycles. The van der Waals surface area contributed by atoms with E-state index in [2.05, 4.69) is 10.6 Å². The van der Waals surface area contributed by atoms with Crippen LogP contribution in [0.15, 0.2) is 54.6 Å². The molecule has 0 saturated carbocycles. The first-order chi connectivity index (χ1) is 10.6. The zero-order valence-electron chi connectivity index (χ0n) is 12.6. The van der Waals surface area contributed by atoms with Crippen molar-refractivity contribution in [2.75, 3.05) is 11.9 Å². The molecular formula is C18H20N2O2. The minimum absolute atomic E-state index is 0.00297.